The van der Waals surface area contributed by atoms with E-state index in [2.05, 4.69) is 19.9 Å². The third kappa shape index (κ3) is 2.22. The fourth-order valence-corrected chi connectivity index (χ4v) is 2.28. The van der Waals surface area contributed by atoms with E-state index in [-0.39, 0.29) is 5.65 Å². The molecule has 0 radical (unpaired) electrons. The van der Waals surface area contributed by atoms with Crippen LogP contribution in [0.5, 0.6) is 0 Å². The van der Waals surface area contributed by atoms with Crippen molar-refractivity contribution in [2.24, 2.45) is 0 Å². The van der Waals surface area contributed by atoms with Gasteiger partial charge in [0, 0.05) is 13.1 Å². The van der Waals surface area contributed by atoms with Crippen molar-refractivity contribution >= 4 is 17.0 Å². The Balaban J connectivity index is 2.12. The smallest absolute Gasteiger partial charge is 0.355 e. The molecule has 1 aliphatic heterocycles. The van der Waals surface area contributed by atoms with E-state index < -0.39 is 12.0 Å². The molecule has 1 N–H and O–H groups in total. The number of aromatic nitrogens is 4. The van der Waals surface area contributed by atoms with E-state index in [1.165, 1.54) is 6.33 Å². The summed E-state index contributed by atoms with van der Waals surface area (Å²) in [5.41, 5.74) is 0.526. The van der Waals surface area contributed by atoms with Crippen molar-refractivity contribution in [2.75, 3.05) is 18.0 Å². The van der Waals surface area contributed by atoms with E-state index in [0.717, 1.165) is 19.3 Å². The molecule has 3 rings (SSSR count). The number of H-pyrrole nitrogens is 1. The molecule has 1 fully saturated rings. The molecular formula is C11H12F3N5. The van der Waals surface area contributed by atoms with Crippen molar-refractivity contribution in [3.8, 4) is 0 Å². The normalized spacial score (nSPS) is 17.1. The summed E-state index contributed by atoms with van der Waals surface area (Å²) in [6.07, 6.45) is -0.202. The number of anilines is 1. The zero-order valence-electron chi connectivity index (χ0n) is 10.0. The Morgan fingerprint density at radius 3 is 2.53 bits per heavy atom. The monoisotopic (exact) mass is 271 g/mol. The molecule has 1 aliphatic rings. The van der Waals surface area contributed by atoms with Gasteiger partial charge in [-0.3, -0.25) is 0 Å². The minimum absolute atomic E-state index is 0.0582. The van der Waals surface area contributed by atoms with Crippen molar-refractivity contribution in [3.63, 3.8) is 0 Å². The molecule has 0 aromatic carbocycles. The molecule has 0 aliphatic carbocycles. The number of aromatic amines is 1. The minimum Gasteiger partial charge on any atom is -0.355 e. The highest BCUT2D eigenvalue weighted by Gasteiger charge is 2.36. The standard InChI is InChI=1S/C11H12F3N5/c12-11(13,14)10-17-8-7(15-6-16-8)9(18-10)19-4-2-1-3-5-19/h6H,1-5H2,(H,15,16,17,18). The lowest BCUT2D eigenvalue weighted by Gasteiger charge is -2.28. The van der Waals surface area contributed by atoms with Crippen LogP contribution < -0.4 is 4.90 Å². The molecule has 0 spiro atoms. The minimum atomic E-state index is -4.56. The van der Waals surface area contributed by atoms with Crippen LogP contribution in [-0.4, -0.2) is 33.0 Å². The number of nitrogens with one attached hydrogen (secondary N) is 1. The highest BCUT2D eigenvalue weighted by molar-refractivity contribution is 5.83. The Morgan fingerprint density at radius 1 is 1.11 bits per heavy atom. The zero-order chi connectivity index (χ0) is 13.5. The van der Waals surface area contributed by atoms with Crippen molar-refractivity contribution in [1.29, 1.82) is 0 Å². The van der Waals surface area contributed by atoms with Gasteiger partial charge in [0.25, 0.3) is 0 Å². The molecule has 19 heavy (non-hydrogen) atoms. The molecule has 0 amide bonds. The molecule has 0 bridgehead atoms. The molecule has 102 valence electrons. The predicted molar refractivity (Wildman–Crippen MR) is 62.7 cm³/mol. The Bertz CT molecular complexity index is 586. The fraction of sp³-hybridized carbons (Fsp3) is 0.545. The molecular weight excluding hydrogens is 259 g/mol. The van der Waals surface area contributed by atoms with Crippen LogP contribution in [0.25, 0.3) is 11.2 Å². The van der Waals surface area contributed by atoms with Crippen LogP contribution in [0.15, 0.2) is 6.33 Å². The summed E-state index contributed by atoms with van der Waals surface area (Å²) < 4.78 is 38.4. The molecule has 0 atom stereocenters. The maximum Gasteiger partial charge on any atom is 0.451 e. The predicted octanol–water partition coefficient (Wildman–Crippen LogP) is 2.36. The number of fused-ring (bicyclic) bond motifs is 1. The molecule has 3 heterocycles. The Morgan fingerprint density at radius 2 is 1.84 bits per heavy atom. The van der Waals surface area contributed by atoms with E-state index in [1.54, 1.807) is 0 Å². The second-order valence-electron chi connectivity index (χ2n) is 4.52. The number of halogens is 3. The third-order valence-corrected chi connectivity index (χ3v) is 3.18. The average Bonchev–Trinajstić information content (AvgIpc) is 2.85. The zero-order valence-corrected chi connectivity index (χ0v) is 10.0. The van der Waals surface area contributed by atoms with Crippen LogP contribution in [0.4, 0.5) is 19.0 Å². The first-order valence-electron chi connectivity index (χ1n) is 6.09. The largest absolute Gasteiger partial charge is 0.451 e. The first-order valence-corrected chi connectivity index (χ1v) is 6.09. The Hall–Kier alpha value is -1.86. The topological polar surface area (TPSA) is 57.7 Å². The molecule has 0 unspecified atom stereocenters. The number of nitrogens with zero attached hydrogens (tertiary/aromatic N) is 4. The summed E-state index contributed by atoms with van der Waals surface area (Å²) in [7, 11) is 0. The molecule has 0 saturated carbocycles. The highest BCUT2D eigenvalue weighted by Crippen LogP contribution is 2.31. The summed E-state index contributed by atoms with van der Waals surface area (Å²) in [5, 5.41) is 0. The second-order valence-corrected chi connectivity index (χ2v) is 4.52. The molecule has 8 heteroatoms. The van der Waals surface area contributed by atoms with Gasteiger partial charge in [-0.1, -0.05) is 0 Å². The van der Waals surface area contributed by atoms with Gasteiger partial charge in [-0.15, -0.1) is 0 Å². The summed E-state index contributed by atoms with van der Waals surface area (Å²) in [4.78, 5) is 15.6. The number of alkyl halides is 3. The third-order valence-electron chi connectivity index (χ3n) is 3.18. The van der Waals surface area contributed by atoms with Gasteiger partial charge in [-0.2, -0.15) is 13.2 Å². The SMILES string of the molecule is FC(F)(F)c1nc(N2CCCCC2)c2[nH]cnc2n1. The first kappa shape index (κ1) is 12.2. The van der Waals surface area contributed by atoms with Gasteiger partial charge in [-0.05, 0) is 19.3 Å². The summed E-state index contributed by atoms with van der Waals surface area (Å²) >= 11 is 0. The number of hydrogen-bond acceptors (Lipinski definition) is 4. The summed E-state index contributed by atoms with van der Waals surface area (Å²) in [6.45, 7) is 1.42. The maximum absolute atomic E-state index is 12.8. The van der Waals surface area contributed by atoms with Crippen molar-refractivity contribution in [1.82, 2.24) is 19.9 Å². The van der Waals surface area contributed by atoms with E-state index in [4.69, 9.17) is 0 Å². The van der Waals surface area contributed by atoms with Crippen LogP contribution in [-0.2, 0) is 6.18 Å². The van der Waals surface area contributed by atoms with Gasteiger partial charge in [-0.25, -0.2) is 15.0 Å². The molecule has 2 aromatic heterocycles. The van der Waals surface area contributed by atoms with Crippen molar-refractivity contribution in [3.05, 3.63) is 12.2 Å². The number of rotatable bonds is 1. The number of piperidine rings is 1. The van der Waals surface area contributed by atoms with Crippen LogP contribution in [0.2, 0.25) is 0 Å². The van der Waals surface area contributed by atoms with Crippen LogP contribution in [0, 0.1) is 0 Å². The van der Waals surface area contributed by atoms with E-state index >= 15 is 0 Å². The summed E-state index contributed by atoms with van der Waals surface area (Å²) in [6, 6.07) is 0. The van der Waals surface area contributed by atoms with Crippen molar-refractivity contribution < 1.29 is 13.2 Å². The maximum atomic E-state index is 12.8. The quantitative estimate of drug-likeness (QED) is 0.865. The van der Waals surface area contributed by atoms with Gasteiger partial charge in [0.1, 0.15) is 5.52 Å². The van der Waals surface area contributed by atoms with E-state index in [0.29, 0.717) is 24.4 Å². The van der Waals surface area contributed by atoms with E-state index in [1.807, 2.05) is 4.90 Å². The average molecular weight is 271 g/mol. The van der Waals surface area contributed by atoms with Gasteiger partial charge >= 0.3 is 6.18 Å². The number of hydrogen-bond donors (Lipinski definition) is 1. The van der Waals surface area contributed by atoms with Crippen LogP contribution in [0.1, 0.15) is 25.1 Å². The molecule has 5 nitrogen and oxygen atoms in total. The molecule has 1 saturated heterocycles. The Kier molecular flexibility index (Phi) is 2.79. The fourth-order valence-electron chi connectivity index (χ4n) is 2.28. The van der Waals surface area contributed by atoms with Gasteiger partial charge in [0.2, 0.25) is 5.82 Å². The van der Waals surface area contributed by atoms with E-state index in [9.17, 15) is 13.2 Å². The highest BCUT2D eigenvalue weighted by atomic mass is 19.4. The Labute approximate surface area is 106 Å². The summed E-state index contributed by atoms with van der Waals surface area (Å²) in [5.74, 6) is -0.831. The second kappa shape index (κ2) is 4.36. The number of imidazole rings is 1. The molecule has 2 aromatic rings. The van der Waals surface area contributed by atoms with Crippen LogP contribution in [0.3, 0.4) is 0 Å². The van der Waals surface area contributed by atoms with Gasteiger partial charge in [0.15, 0.2) is 11.5 Å². The van der Waals surface area contributed by atoms with Crippen LogP contribution >= 0.6 is 0 Å². The lowest BCUT2D eigenvalue weighted by Crippen LogP contribution is -2.31. The first-order chi connectivity index (χ1) is 9.05. The van der Waals surface area contributed by atoms with Gasteiger partial charge in [0.05, 0.1) is 6.33 Å². The lowest BCUT2D eigenvalue weighted by atomic mass is 10.1. The lowest BCUT2D eigenvalue weighted by molar-refractivity contribution is -0.144. The van der Waals surface area contributed by atoms with Crippen molar-refractivity contribution in [2.45, 2.75) is 25.4 Å². The van der Waals surface area contributed by atoms with Gasteiger partial charge < -0.3 is 9.88 Å².